The van der Waals surface area contributed by atoms with Crippen LogP contribution < -0.4 is 0 Å². The van der Waals surface area contributed by atoms with E-state index in [1.165, 1.54) is 19.3 Å². The summed E-state index contributed by atoms with van der Waals surface area (Å²) in [6.45, 7) is 0. The molecule has 2 aromatic carbocycles. The summed E-state index contributed by atoms with van der Waals surface area (Å²) in [5, 5.41) is 0. The van der Waals surface area contributed by atoms with Gasteiger partial charge in [-0.3, -0.25) is 0 Å². The van der Waals surface area contributed by atoms with Gasteiger partial charge in [0.1, 0.15) is 5.82 Å². The topological polar surface area (TPSA) is 0 Å². The lowest BCUT2D eigenvalue weighted by molar-refractivity contribution is 0.429. The second-order valence-electron chi connectivity index (χ2n) is 5.65. The van der Waals surface area contributed by atoms with Crippen LogP contribution in [0.4, 0.5) is 4.39 Å². The van der Waals surface area contributed by atoms with Crippen LogP contribution in [-0.4, -0.2) is 0 Å². The van der Waals surface area contributed by atoms with Crippen LogP contribution in [0.1, 0.15) is 54.7 Å². The fourth-order valence-corrected chi connectivity index (χ4v) is 3.11. The third kappa shape index (κ3) is 3.34. The molecule has 0 aliphatic heterocycles. The summed E-state index contributed by atoms with van der Waals surface area (Å²) in [5.41, 5.74) is 2.66. The van der Waals surface area contributed by atoms with Gasteiger partial charge >= 0.3 is 0 Å². The van der Waals surface area contributed by atoms with Crippen molar-refractivity contribution in [2.75, 3.05) is 0 Å². The van der Waals surface area contributed by atoms with Crippen molar-refractivity contribution in [2.45, 2.75) is 38.0 Å². The molecule has 0 unspecified atom stereocenters. The Morgan fingerprint density at radius 1 is 0.810 bits per heavy atom. The van der Waals surface area contributed by atoms with E-state index in [4.69, 9.17) is 0 Å². The van der Waals surface area contributed by atoms with E-state index in [1.54, 1.807) is 12.1 Å². The van der Waals surface area contributed by atoms with E-state index in [9.17, 15) is 4.39 Å². The van der Waals surface area contributed by atoms with Gasteiger partial charge in [0, 0.05) is 16.7 Å². The largest absolute Gasteiger partial charge is 0.207 e. The molecule has 1 aliphatic carbocycles. The third-order valence-corrected chi connectivity index (χ3v) is 4.18. The van der Waals surface area contributed by atoms with E-state index in [1.807, 2.05) is 36.4 Å². The summed E-state index contributed by atoms with van der Waals surface area (Å²) in [5.74, 6) is 6.57. The van der Waals surface area contributed by atoms with Gasteiger partial charge < -0.3 is 0 Å². The smallest absolute Gasteiger partial charge is 0.127 e. The highest BCUT2D eigenvalue weighted by atomic mass is 19.1. The number of rotatable bonds is 1. The molecule has 21 heavy (non-hydrogen) atoms. The summed E-state index contributed by atoms with van der Waals surface area (Å²) in [7, 11) is 0. The fourth-order valence-electron chi connectivity index (χ4n) is 3.11. The highest BCUT2D eigenvalue weighted by Crippen LogP contribution is 2.35. The summed E-state index contributed by atoms with van der Waals surface area (Å²) >= 11 is 0. The molecule has 1 fully saturated rings. The molecule has 0 nitrogen and oxygen atoms in total. The predicted octanol–water partition coefficient (Wildman–Crippen LogP) is 5.27. The molecule has 0 N–H and O–H groups in total. The maximum absolute atomic E-state index is 14.3. The zero-order valence-corrected chi connectivity index (χ0v) is 12.1. The van der Waals surface area contributed by atoms with Crippen LogP contribution in [-0.2, 0) is 0 Å². The van der Waals surface area contributed by atoms with Crippen molar-refractivity contribution in [3.8, 4) is 11.8 Å². The minimum atomic E-state index is -0.0956. The third-order valence-electron chi connectivity index (χ3n) is 4.18. The average molecular weight is 278 g/mol. The highest BCUT2D eigenvalue weighted by molar-refractivity contribution is 5.48. The second-order valence-corrected chi connectivity index (χ2v) is 5.65. The summed E-state index contributed by atoms with van der Waals surface area (Å²) in [6, 6.07) is 15.1. The Kier molecular flexibility index (Phi) is 4.36. The summed E-state index contributed by atoms with van der Waals surface area (Å²) in [6.07, 6.45) is 5.84. The van der Waals surface area contributed by atoms with Crippen molar-refractivity contribution < 1.29 is 4.39 Å². The van der Waals surface area contributed by atoms with Crippen molar-refractivity contribution in [1.29, 1.82) is 0 Å². The Morgan fingerprint density at radius 3 is 2.33 bits per heavy atom. The molecule has 0 radical (unpaired) electrons. The van der Waals surface area contributed by atoms with Gasteiger partial charge in [-0.25, -0.2) is 4.39 Å². The predicted molar refractivity (Wildman–Crippen MR) is 84.6 cm³/mol. The molecular formula is C20H19F. The maximum Gasteiger partial charge on any atom is 0.127 e. The average Bonchev–Trinajstić information content (AvgIpc) is 2.55. The van der Waals surface area contributed by atoms with Gasteiger partial charge in [-0.1, -0.05) is 55.4 Å². The molecule has 1 saturated carbocycles. The summed E-state index contributed by atoms with van der Waals surface area (Å²) in [4.78, 5) is 0. The fraction of sp³-hybridized carbons (Fsp3) is 0.300. The van der Waals surface area contributed by atoms with Gasteiger partial charge in [-0.05, 0) is 43.0 Å². The molecule has 106 valence electrons. The molecule has 0 bridgehead atoms. The standard InChI is InChI=1S/C20H19F/c21-19-13-7-12-18(15-14-16-8-3-1-4-9-16)20(19)17-10-5-2-6-11-17/h1,3-4,7-9,12-13,17H,2,5-6,10-11H2. The molecule has 0 spiro atoms. The van der Waals surface area contributed by atoms with Crippen LogP contribution in [0.25, 0.3) is 0 Å². The van der Waals surface area contributed by atoms with Crippen molar-refractivity contribution in [3.63, 3.8) is 0 Å². The second kappa shape index (κ2) is 6.59. The van der Waals surface area contributed by atoms with Crippen LogP contribution in [0, 0.1) is 17.7 Å². The highest BCUT2D eigenvalue weighted by Gasteiger charge is 2.21. The molecule has 0 heterocycles. The molecule has 0 atom stereocenters. The van der Waals surface area contributed by atoms with Crippen LogP contribution in [0.3, 0.4) is 0 Å². The Balaban J connectivity index is 1.95. The lowest BCUT2D eigenvalue weighted by Gasteiger charge is -2.23. The number of halogens is 1. The van der Waals surface area contributed by atoms with E-state index in [-0.39, 0.29) is 5.82 Å². The Hall–Kier alpha value is -2.07. The van der Waals surface area contributed by atoms with Gasteiger partial charge in [-0.2, -0.15) is 0 Å². The van der Waals surface area contributed by atoms with Crippen molar-refractivity contribution in [3.05, 3.63) is 71.0 Å². The first-order valence-corrected chi connectivity index (χ1v) is 7.70. The Morgan fingerprint density at radius 2 is 1.57 bits per heavy atom. The minimum Gasteiger partial charge on any atom is -0.207 e. The van der Waals surface area contributed by atoms with Gasteiger partial charge in [0.25, 0.3) is 0 Å². The van der Waals surface area contributed by atoms with Gasteiger partial charge in [-0.15, -0.1) is 0 Å². The maximum atomic E-state index is 14.3. The van der Waals surface area contributed by atoms with E-state index in [0.29, 0.717) is 5.92 Å². The monoisotopic (exact) mass is 278 g/mol. The first-order valence-electron chi connectivity index (χ1n) is 7.70. The van der Waals surface area contributed by atoms with Gasteiger partial charge in [0.2, 0.25) is 0 Å². The number of hydrogen-bond donors (Lipinski definition) is 0. The number of benzene rings is 2. The molecule has 1 aliphatic rings. The molecule has 3 rings (SSSR count). The van der Waals surface area contributed by atoms with Crippen LogP contribution >= 0.6 is 0 Å². The Labute approximate surface area is 126 Å². The number of hydrogen-bond acceptors (Lipinski definition) is 0. The van der Waals surface area contributed by atoms with Crippen LogP contribution in [0.5, 0.6) is 0 Å². The lowest BCUT2D eigenvalue weighted by atomic mass is 9.82. The molecular weight excluding hydrogens is 259 g/mol. The quantitative estimate of drug-likeness (QED) is 0.623. The van der Waals surface area contributed by atoms with Crippen molar-refractivity contribution in [1.82, 2.24) is 0 Å². The molecule has 0 amide bonds. The van der Waals surface area contributed by atoms with E-state index >= 15 is 0 Å². The van der Waals surface area contributed by atoms with Gasteiger partial charge in [0.15, 0.2) is 0 Å². The van der Waals surface area contributed by atoms with Gasteiger partial charge in [0.05, 0.1) is 0 Å². The first-order chi connectivity index (χ1) is 10.3. The zero-order valence-electron chi connectivity index (χ0n) is 12.1. The minimum absolute atomic E-state index is 0.0956. The normalized spacial score (nSPS) is 15.3. The van der Waals surface area contributed by atoms with E-state index in [2.05, 4.69) is 11.8 Å². The first kappa shape index (κ1) is 13.9. The lowest BCUT2D eigenvalue weighted by Crippen LogP contribution is -2.08. The summed E-state index contributed by atoms with van der Waals surface area (Å²) < 4.78 is 14.3. The molecule has 0 saturated heterocycles. The van der Waals surface area contributed by atoms with E-state index < -0.39 is 0 Å². The molecule has 2 aromatic rings. The molecule has 0 aromatic heterocycles. The molecule has 1 heteroatoms. The van der Waals surface area contributed by atoms with E-state index in [0.717, 1.165) is 29.5 Å². The SMILES string of the molecule is Fc1cccc(C#Cc2ccccc2)c1C1CCCCC1. The van der Waals surface area contributed by atoms with Crippen LogP contribution in [0.2, 0.25) is 0 Å². The van der Waals surface area contributed by atoms with Crippen molar-refractivity contribution in [2.24, 2.45) is 0 Å². The Bertz CT molecular complexity index is 655. The van der Waals surface area contributed by atoms with Crippen molar-refractivity contribution >= 4 is 0 Å². The van der Waals surface area contributed by atoms with Crippen LogP contribution in [0.15, 0.2) is 48.5 Å². The zero-order chi connectivity index (χ0) is 14.5.